The topological polar surface area (TPSA) is 20.2 Å². The van der Waals surface area contributed by atoms with Crippen molar-refractivity contribution in [2.24, 2.45) is 17.3 Å². The van der Waals surface area contributed by atoms with Gasteiger partial charge in [-0.25, -0.2) is 0 Å². The molecule has 1 rings (SSSR count). The van der Waals surface area contributed by atoms with Crippen LogP contribution in [0.2, 0.25) is 0 Å². The fraction of sp³-hybridized carbons (Fsp3) is 0.636. The van der Waals surface area contributed by atoms with E-state index in [9.17, 15) is 0 Å². The zero-order valence-corrected chi connectivity index (χ0v) is 7.75. The lowest BCUT2D eigenvalue weighted by Crippen LogP contribution is -2.31. The molecule has 0 spiro atoms. The van der Waals surface area contributed by atoms with Gasteiger partial charge in [0.05, 0.1) is 6.61 Å². The predicted octanol–water partition coefficient (Wildman–Crippen LogP) is 1.83. The molecule has 0 saturated heterocycles. The molecule has 0 bridgehead atoms. The Morgan fingerprint density at radius 1 is 1.67 bits per heavy atom. The molecule has 0 saturated carbocycles. The van der Waals surface area contributed by atoms with Crippen LogP contribution in [0.5, 0.6) is 0 Å². The SMILES string of the molecule is C#C[C@]1(C)C[C@H](C)C=C[C@@H]1CO. The average Bonchev–Trinajstić information content (AvgIpc) is 2.05. The summed E-state index contributed by atoms with van der Waals surface area (Å²) in [4.78, 5) is 0. The van der Waals surface area contributed by atoms with Gasteiger partial charge in [-0.3, -0.25) is 0 Å². The van der Waals surface area contributed by atoms with E-state index >= 15 is 0 Å². The van der Waals surface area contributed by atoms with Gasteiger partial charge in [-0.15, -0.1) is 6.42 Å². The number of hydrogen-bond donors (Lipinski definition) is 1. The molecule has 0 fully saturated rings. The Bertz CT molecular complexity index is 224. The summed E-state index contributed by atoms with van der Waals surface area (Å²) < 4.78 is 0. The summed E-state index contributed by atoms with van der Waals surface area (Å²) in [5.74, 6) is 3.47. The molecule has 0 heterocycles. The highest BCUT2D eigenvalue weighted by molar-refractivity contribution is 5.16. The van der Waals surface area contributed by atoms with Gasteiger partial charge in [0.1, 0.15) is 0 Å². The maximum absolute atomic E-state index is 9.10. The van der Waals surface area contributed by atoms with Gasteiger partial charge in [0.25, 0.3) is 0 Å². The molecule has 0 amide bonds. The highest BCUT2D eigenvalue weighted by Gasteiger charge is 2.33. The molecule has 1 heteroatoms. The van der Waals surface area contributed by atoms with Crippen LogP contribution < -0.4 is 0 Å². The van der Waals surface area contributed by atoms with Gasteiger partial charge < -0.3 is 5.11 Å². The van der Waals surface area contributed by atoms with Crippen molar-refractivity contribution in [2.45, 2.75) is 20.3 Å². The molecule has 0 aromatic rings. The number of hydrogen-bond acceptors (Lipinski definition) is 1. The van der Waals surface area contributed by atoms with Crippen molar-refractivity contribution in [2.75, 3.05) is 6.61 Å². The van der Waals surface area contributed by atoms with E-state index in [1.807, 2.05) is 13.0 Å². The van der Waals surface area contributed by atoms with Crippen LogP contribution in [0.1, 0.15) is 20.3 Å². The van der Waals surface area contributed by atoms with E-state index in [1.165, 1.54) is 0 Å². The quantitative estimate of drug-likeness (QED) is 0.463. The fourth-order valence-corrected chi connectivity index (χ4v) is 1.85. The third kappa shape index (κ3) is 1.54. The Hall–Kier alpha value is -0.740. The highest BCUT2D eigenvalue weighted by atomic mass is 16.3. The molecule has 66 valence electrons. The maximum atomic E-state index is 9.10. The minimum absolute atomic E-state index is 0.138. The van der Waals surface area contributed by atoms with Gasteiger partial charge >= 0.3 is 0 Å². The second kappa shape index (κ2) is 3.33. The van der Waals surface area contributed by atoms with Gasteiger partial charge in [0.15, 0.2) is 0 Å². The second-order valence-corrected chi connectivity index (χ2v) is 3.92. The molecule has 0 unspecified atom stereocenters. The molecule has 12 heavy (non-hydrogen) atoms. The molecule has 0 aromatic heterocycles. The summed E-state index contributed by atoms with van der Waals surface area (Å²) in [6.45, 7) is 4.36. The van der Waals surface area contributed by atoms with Crippen LogP contribution >= 0.6 is 0 Å². The van der Waals surface area contributed by atoms with Crippen molar-refractivity contribution in [3.05, 3.63) is 12.2 Å². The first-order chi connectivity index (χ1) is 5.62. The number of aliphatic hydroxyl groups excluding tert-OH is 1. The molecular weight excluding hydrogens is 148 g/mol. The minimum atomic E-state index is -0.150. The van der Waals surface area contributed by atoms with E-state index in [-0.39, 0.29) is 17.9 Å². The average molecular weight is 164 g/mol. The first-order valence-corrected chi connectivity index (χ1v) is 4.39. The summed E-state index contributed by atoms with van der Waals surface area (Å²) in [6.07, 6.45) is 10.6. The lowest BCUT2D eigenvalue weighted by atomic mass is 9.69. The lowest BCUT2D eigenvalue weighted by Gasteiger charge is -2.35. The predicted molar refractivity (Wildman–Crippen MR) is 50.4 cm³/mol. The zero-order valence-electron chi connectivity index (χ0n) is 7.75. The Balaban J connectivity index is 2.87. The molecule has 1 N–H and O–H groups in total. The van der Waals surface area contributed by atoms with E-state index in [4.69, 9.17) is 11.5 Å². The maximum Gasteiger partial charge on any atom is 0.0508 e. The third-order valence-electron chi connectivity index (χ3n) is 2.76. The normalized spacial score (nSPS) is 40.8. The van der Waals surface area contributed by atoms with E-state index in [1.54, 1.807) is 0 Å². The number of allylic oxidation sites excluding steroid dienone is 1. The van der Waals surface area contributed by atoms with E-state index < -0.39 is 0 Å². The minimum Gasteiger partial charge on any atom is -0.396 e. The smallest absolute Gasteiger partial charge is 0.0508 e. The van der Waals surface area contributed by atoms with E-state index in [0.717, 1.165) is 6.42 Å². The fourth-order valence-electron chi connectivity index (χ4n) is 1.85. The van der Waals surface area contributed by atoms with Crippen molar-refractivity contribution >= 4 is 0 Å². The number of terminal acetylenes is 1. The Morgan fingerprint density at radius 3 is 2.83 bits per heavy atom. The molecular formula is C11H16O. The van der Waals surface area contributed by atoms with Gasteiger partial charge in [-0.2, -0.15) is 0 Å². The van der Waals surface area contributed by atoms with Crippen LogP contribution in [0.25, 0.3) is 0 Å². The number of aliphatic hydroxyl groups is 1. The monoisotopic (exact) mass is 164 g/mol. The van der Waals surface area contributed by atoms with E-state index in [2.05, 4.69) is 18.9 Å². The highest BCUT2D eigenvalue weighted by Crippen LogP contribution is 2.38. The molecule has 0 radical (unpaired) electrons. The summed E-state index contributed by atoms with van der Waals surface area (Å²) in [5, 5.41) is 9.10. The van der Waals surface area contributed by atoms with Gasteiger partial charge in [-0.1, -0.05) is 25.0 Å². The van der Waals surface area contributed by atoms with Crippen molar-refractivity contribution in [3.8, 4) is 12.3 Å². The van der Waals surface area contributed by atoms with Crippen LogP contribution in [0, 0.1) is 29.6 Å². The van der Waals surface area contributed by atoms with Gasteiger partial charge in [-0.05, 0) is 19.3 Å². The Morgan fingerprint density at radius 2 is 2.33 bits per heavy atom. The Labute approximate surface area is 74.5 Å². The molecule has 1 nitrogen and oxygen atoms in total. The van der Waals surface area contributed by atoms with Gasteiger partial charge in [0, 0.05) is 11.3 Å². The molecule has 3 atom stereocenters. The molecule has 1 aliphatic carbocycles. The van der Waals surface area contributed by atoms with Crippen LogP contribution in [0.3, 0.4) is 0 Å². The largest absolute Gasteiger partial charge is 0.396 e. The Kier molecular flexibility index (Phi) is 2.59. The van der Waals surface area contributed by atoms with E-state index in [0.29, 0.717) is 5.92 Å². The number of rotatable bonds is 1. The standard InChI is InChI=1S/C11H16O/c1-4-11(3)7-9(2)5-6-10(11)8-12/h1,5-6,9-10,12H,7-8H2,2-3H3/t9-,10-,11-/m1/s1. The summed E-state index contributed by atoms with van der Waals surface area (Å²) in [5.41, 5.74) is -0.150. The van der Waals surface area contributed by atoms with Crippen molar-refractivity contribution in [1.82, 2.24) is 0 Å². The van der Waals surface area contributed by atoms with Crippen LogP contribution in [-0.2, 0) is 0 Å². The van der Waals surface area contributed by atoms with Crippen molar-refractivity contribution in [1.29, 1.82) is 0 Å². The zero-order chi connectivity index (χ0) is 9.19. The lowest BCUT2D eigenvalue weighted by molar-refractivity contribution is 0.155. The molecule has 1 aliphatic rings. The van der Waals surface area contributed by atoms with Crippen molar-refractivity contribution < 1.29 is 5.11 Å². The first kappa shape index (κ1) is 9.35. The first-order valence-electron chi connectivity index (χ1n) is 4.39. The summed E-state index contributed by atoms with van der Waals surface area (Å²) in [7, 11) is 0. The second-order valence-electron chi connectivity index (χ2n) is 3.92. The summed E-state index contributed by atoms with van der Waals surface area (Å²) >= 11 is 0. The third-order valence-corrected chi connectivity index (χ3v) is 2.76. The van der Waals surface area contributed by atoms with Crippen LogP contribution in [0.4, 0.5) is 0 Å². The van der Waals surface area contributed by atoms with Gasteiger partial charge in [0.2, 0.25) is 0 Å². The molecule has 0 aromatic carbocycles. The summed E-state index contributed by atoms with van der Waals surface area (Å²) in [6, 6.07) is 0. The van der Waals surface area contributed by atoms with Crippen LogP contribution in [-0.4, -0.2) is 11.7 Å². The van der Waals surface area contributed by atoms with Crippen LogP contribution in [0.15, 0.2) is 12.2 Å². The molecule has 0 aliphatic heterocycles. The van der Waals surface area contributed by atoms with Crippen molar-refractivity contribution in [3.63, 3.8) is 0 Å².